The molecule has 10 nitrogen and oxygen atoms in total. The first-order valence-corrected chi connectivity index (χ1v) is 11.9. The Balaban J connectivity index is 1.68. The minimum Gasteiger partial charge on any atom is -0.508 e. The lowest BCUT2D eigenvalue weighted by atomic mass is 9.74. The van der Waals surface area contributed by atoms with Gasteiger partial charge in [0.25, 0.3) is 0 Å². The first-order valence-electron chi connectivity index (χ1n) is 11.9. The summed E-state index contributed by atoms with van der Waals surface area (Å²) in [5.74, 6) is -4.13. The predicted octanol–water partition coefficient (Wildman–Crippen LogP) is 3.10. The van der Waals surface area contributed by atoms with Crippen molar-refractivity contribution < 1.29 is 44.3 Å². The number of phenols is 4. The summed E-state index contributed by atoms with van der Waals surface area (Å²) in [5.41, 5.74) is 0.574. The van der Waals surface area contributed by atoms with E-state index in [9.17, 15) is 34.8 Å². The van der Waals surface area contributed by atoms with Crippen molar-refractivity contribution in [2.75, 3.05) is 21.2 Å². The minimum atomic E-state index is -0.807. The number of aryl methyl sites for hydroxylation is 1. The van der Waals surface area contributed by atoms with Crippen molar-refractivity contribution in [3.05, 3.63) is 62.2 Å². The monoisotopic (exact) mass is 517 g/mol. The molecular formula is C28H23NO9. The van der Waals surface area contributed by atoms with E-state index < -0.39 is 41.0 Å². The third-order valence-corrected chi connectivity index (χ3v) is 7.65. The van der Waals surface area contributed by atoms with Gasteiger partial charge in [-0.2, -0.15) is 0 Å². The topological polar surface area (TPSA) is 154 Å². The van der Waals surface area contributed by atoms with Gasteiger partial charge in [-0.25, -0.2) is 4.79 Å². The molecule has 2 aliphatic carbocycles. The molecule has 3 aromatic carbocycles. The third-order valence-electron chi connectivity index (χ3n) is 7.65. The van der Waals surface area contributed by atoms with Crippen LogP contribution in [0.25, 0.3) is 11.1 Å². The molecule has 0 amide bonds. The first kappa shape index (κ1) is 23.8. The lowest BCUT2D eigenvalue weighted by molar-refractivity contribution is -0.00344. The number of hydrogen-bond acceptors (Lipinski definition) is 10. The Bertz CT molecular complexity index is 1670. The molecule has 1 unspecified atom stereocenters. The zero-order chi connectivity index (χ0) is 27.4. The zero-order valence-electron chi connectivity index (χ0n) is 20.9. The van der Waals surface area contributed by atoms with Gasteiger partial charge in [-0.1, -0.05) is 0 Å². The molecule has 6 rings (SSSR count). The largest absolute Gasteiger partial charge is 0.508 e. The second-order valence-electron chi connectivity index (χ2n) is 9.88. The van der Waals surface area contributed by atoms with E-state index in [-0.39, 0.29) is 56.0 Å². The van der Waals surface area contributed by atoms with E-state index in [1.165, 1.54) is 14.0 Å². The van der Waals surface area contributed by atoms with Crippen molar-refractivity contribution >= 4 is 17.5 Å². The number of phenolic OH excluding ortho intramolecular Hbond substituents is 4. The highest BCUT2D eigenvalue weighted by Crippen LogP contribution is 2.55. The molecule has 0 spiro atoms. The van der Waals surface area contributed by atoms with Crippen LogP contribution >= 0.6 is 0 Å². The van der Waals surface area contributed by atoms with E-state index in [1.807, 2.05) is 0 Å². The van der Waals surface area contributed by atoms with Gasteiger partial charge in [0.2, 0.25) is 5.78 Å². The number of methoxy groups -OCH3 is 1. The fraction of sp³-hybridized carbons (Fsp3) is 0.250. The quantitative estimate of drug-likeness (QED) is 0.292. The Morgan fingerprint density at radius 2 is 1.53 bits per heavy atom. The molecule has 3 aromatic rings. The molecule has 38 heavy (non-hydrogen) atoms. The molecule has 0 aromatic heterocycles. The number of carbonyl (C=O) groups is 3. The van der Waals surface area contributed by atoms with Crippen LogP contribution in [0.4, 0.5) is 0 Å². The number of ether oxygens (including phenoxy) is 2. The van der Waals surface area contributed by atoms with Gasteiger partial charge in [0.1, 0.15) is 34.3 Å². The van der Waals surface area contributed by atoms with Crippen molar-refractivity contribution in [2.45, 2.75) is 26.0 Å². The number of aromatic hydroxyl groups is 4. The van der Waals surface area contributed by atoms with Gasteiger partial charge in [0.05, 0.1) is 23.8 Å². The predicted molar refractivity (Wildman–Crippen MR) is 132 cm³/mol. The number of ketones is 2. The summed E-state index contributed by atoms with van der Waals surface area (Å²) in [6.45, 7) is 1.41. The van der Waals surface area contributed by atoms with Crippen molar-refractivity contribution in [2.24, 2.45) is 0 Å². The van der Waals surface area contributed by atoms with Gasteiger partial charge in [0.15, 0.2) is 12.0 Å². The van der Waals surface area contributed by atoms with Crippen molar-refractivity contribution in [3.8, 4) is 39.9 Å². The Labute approximate surface area is 216 Å². The van der Waals surface area contributed by atoms with Crippen LogP contribution in [0.5, 0.6) is 28.7 Å². The van der Waals surface area contributed by atoms with Crippen LogP contribution in [0, 0.1) is 6.92 Å². The molecule has 194 valence electrons. The van der Waals surface area contributed by atoms with Crippen LogP contribution in [0.15, 0.2) is 12.1 Å². The Kier molecular flexibility index (Phi) is 4.83. The second kappa shape index (κ2) is 7.72. The van der Waals surface area contributed by atoms with Gasteiger partial charge in [-0.3, -0.25) is 14.5 Å². The highest BCUT2D eigenvalue weighted by Gasteiger charge is 2.44. The van der Waals surface area contributed by atoms with Crippen LogP contribution in [0.1, 0.15) is 70.7 Å². The highest BCUT2D eigenvalue weighted by atomic mass is 16.6. The van der Waals surface area contributed by atoms with E-state index in [0.717, 1.165) is 6.07 Å². The lowest BCUT2D eigenvalue weighted by Gasteiger charge is -2.30. The van der Waals surface area contributed by atoms with E-state index in [2.05, 4.69) is 0 Å². The van der Waals surface area contributed by atoms with Crippen LogP contribution in [-0.2, 0) is 17.6 Å². The molecular weight excluding hydrogens is 494 g/mol. The Morgan fingerprint density at radius 3 is 2.18 bits per heavy atom. The van der Waals surface area contributed by atoms with Gasteiger partial charge in [-0.05, 0) is 51.6 Å². The van der Waals surface area contributed by atoms with Gasteiger partial charge in [0, 0.05) is 33.4 Å². The van der Waals surface area contributed by atoms with Crippen molar-refractivity contribution in [1.29, 1.82) is 0 Å². The van der Waals surface area contributed by atoms with Crippen molar-refractivity contribution in [3.63, 3.8) is 0 Å². The highest BCUT2D eigenvalue weighted by molar-refractivity contribution is 6.32. The molecule has 0 bridgehead atoms. The second-order valence-corrected chi connectivity index (χ2v) is 9.88. The average Bonchev–Trinajstić information content (AvgIpc) is 3.21. The average molecular weight is 517 g/mol. The summed E-state index contributed by atoms with van der Waals surface area (Å²) in [7, 11) is 4.79. The lowest BCUT2D eigenvalue weighted by Crippen LogP contribution is -2.24. The number of benzene rings is 3. The molecule has 4 N–H and O–H groups in total. The first-order chi connectivity index (χ1) is 18.0. The zero-order valence-corrected chi connectivity index (χ0v) is 20.9. The van der Waals surface area contributed by atoms with Crippen LogP contribution in [-0.4, -0.2) is 64.1 Å². The maximum Gasteiger partial charge on any atom is 0.344 e. The maximum atomic E-state index is 13.7. The molecule has 1 atom stereocenters. The fourth-order valence-electron chi connectivity index (χ4n) is 5.86. The van der Waals surface area contributed by atoms with Crippen LogP contribution < -0.4 is 4.74 Å². The third kappa shape index (κ3) is 2.77. The van der Waals surface area contributed by atoms with Crippen LogP contribution in [0.3, 0.4) is 0 Å². The van der Waals surface area contributed by atoms with E-state index in [0.29, 0.717) is 29.5 Å². The van der Waals surface area contributed by atoms with Gasteiger partial charge in [-0.15, -0.1) is 0 Å². The Hall–Kier alpha value is -4.57. The van der Waals surface area contributed by atoms with Gasteiger partial charge >= 0.3 is 5.97 Å². The molecule has 1 aliphatic heterocycles. The normalized spacial score (nSPS) is 17.0. The number of fused-ring (bicyclic) bond motifs is 6. The fourth-order valence-corrected chi connectivity index (χ4v) is 5.86. The summed E-state index contributed by atoms with van der Waals surface area (Å²) >= 11 is 0. The molecule has 0 radical (unpaired) electrons. The number of cyclic esters (lactones) is 1. The summed E-state index contributed by atoms with van der Waals surface area (Å²) in [6.07, 6.45) is -0.0227. The number of nitrogens with zero attached hydrogens (tertiary/aromatic N) is 1. The Morgan fingerprint density at radius 1 is 0.842 bits per heavy atom. The molecule has 0 saturated heterocycles. The maximum absolute atomic E-state index is 13.7. The minimum absolute atomic E-state index is 0.0289. The van der Waals surface area contributed by atoms with E-state index in [4.69, 9.17) is 9.47 Å². The number of esters is 1. The number of hydrogen-bond donors (Lipinski definition) is 4. The van der Waals surface area contributed by atoms with Crippen molar-refractivity contribution in [1.82, 2.24) is 4.90 Å². The molecule has 3 aliphatic rings. The number of rotatable bonds is 2. The SMILES string of the molecule is COc1c2c(c(O)c3c1C(=O)c1c(cc(O)c(C)c1O)C3=O)-c1c(cc3c(c1O)C(=O)OC3N(C)C)CC2. The standard InChI is InChI=1S/C28H23NO9/c1-9-14(30)8-12-17(21(9)31)25(35)20-19(22(12)32)24(34)16-11(26(20)37-4)6-5-10-7-13-18(23(33)15(10)16)28(36)38-27(13)29(2)3/h7-8,27,30-31,33-34H,5-6H2,1-4H3. The van der Waals surface area contributed by atoms with E-state index in [1.54, 1.807) is 25.1 Å². The molecule has 1 heterocycles. The van der Waals surface area contributed by atoms with E-state index >= 15 is 0 Å². The summed E-state index contributed by atoms with van der Waals surface area (Å²) in [5, 5.41) is 43.8. The summed E-state index contributed by atoms with van der Waals surface area (Å²) < 4.78 is 11.1. The number of carbonyl (C=O) groups excluding carboxylic acids is 3. The van der Waals surface area contributed by atoms with Crippen LogP contribution in [0.2, 0.25) is 0 Å². The summed E-state index contributed by atoms with van der Waals surface area (Å²) in [6, 6.07) is 2.82. The van der Waals surface area contributed by atoms with Gasteiger partial charge < -0.3 is 29.9 Å². The summed E-state index contributed by atoms with van der Waals surface area (Å²) in [4.78, 5) is 41.7. The molecule has 0 saturated carbocycles. The molecule has 10 heteroatoms. The smallest absolute Gasteiger partial charge is 0.344 e. The molecule has 0 fully saturated rings.